The fourth-order valence-corrected chi connectivity index (χ4v) is 3.74. The van der Waals surface area contributed by atoms with E-state index in [0.29, 0.717) is 12.4 Å². The van der Waals surface area contributed by atoms with Crippen LogP contribution in [0, 0.1) is 13.8 Å². The Morgan fingerprint density at radius 3 is 2.74 bits per heavy atom. The molecule has 8 heteroatoms. The van der Waals surface area contributed by atoms with Gasteiger partial charge in [0.25, 0.3) is 0 Å². The zero-order valence-electron chi connectivity index (χ0n) is 15.1. The van der Waals surface area contributed by atoms with E-state index in [2.05, 4.69) is 41.5 Å². The zero-order valence-corrected chi connectivity index (χ0v) is 17.5. The van der Waals surface area contributed by atoms with Crippen LogP contribution in [0.15, 0.2) is 36.5 Å². The highest BCUT2D eigenvalue weighted by Crippen LogP contribution is 2.29. The molecule has 0 atom stereocenters. The van der Waals surface area contributed by atoms with E-state index >= 15 is 0 Å². The van der Waals surface area contributed by atoms with Gasteiger partial charge in [0.15, 0.2) is 0 Å². The second kappa shape index (κ2) is 9.05. The van der Waals surface area contributed by atoms with Crippen LogP contribution in [-0.4, -0.2) is 26.2 Å². The summed E-state index contributed by atoms with van der Waals surface area (Å²) in [7, 11) is 0. The van der Waals surface area contributed by atoms with Crippen molar-refractivity contribution in [2.24, 2.45) is 0 Å². The second-order valence-corrected chi connectivity index (χ2v) is 7.96. The first-order valence-corrected chi connectivity index (χ1v) is 10.5. The molecule has 0 radical (unpaired) electrons. The minimum atomic E-state index is 0.000822. The molecule has 0 unspecified atom stereocenters. The molecule has 3 aromatic rings. The number of anilines is 3. The van der Waals surface area contributed by atoms with Gasteiger partial charge in [-0.05, 0) is 44.5 Å². The normalized spacial score (nSPS) is 10.6. The van der Waals surface area contributed by atoms with Gasteiger partial charge in [0, 0.05) is 29.3 Å². The van der Waals surface area contributed by atoms with Crippen LogP contribution in [0.25, 0.3) is 10.6 Å². The van der Waals surface area contributed by atoms with Crippen molar-refractivity contribution in [1.82, 2.24) is 15.0 Å². The van der Waals surface area contributed by atoms with Crippen molar-refractivity contribution in [3.63, 3.8) is 0 Å². The highest BCUT2D eigenvalue weighted by molar-refractivity contribution is 9.09. The van der Waals surface area contributed by atoms with Gasteiger partial charge >= 0.3 is 0 Å². The monoisotopic (exact) mass is 445 g/mol. The number of amides is 1. The van der Waals surface area contributed by atoms with E-state index in [1.807, 2.05) is 44.2 Å². The molecular formula is C19H20BrN5OS. The third-order valence-electron chi connectivity index (χ3n) is 3.73. The molecule has 0 aliphatic heterocycles. The topological polar surface area (TPSA) is 79.8 Å². The Hall–Kier alpha value is -2.32. The fourth-order valence-electron chi connectivity index (χ4n) is 2.57. The summed E-state index contributed by atoms with van der Waals surface area (Å²) < 4.78 is 0. The predicted molar refractivity (Wildman–Crippen MR) is 114 cm³/mol. The largest absolute Gasteiger partial charge is 0.326 e. The van der Waals surface area contributed by atoms with Crippen LogP contribution in [0.4, 0.5) is 17.3 Å². The molecule has 0 spiro atoms. The van der Waals surface area contributed by atoms with E-state index in [-0.39, 0.29) is 5.91 Å². The number of rotatable bonds is 7. The highest BCUT2D eigenvalue weighted by atomic mass is 79.9. The van der Waals surface area contributed by atoms with Crippen LogP contribution in [0.5, 0.6) is 0 Å². The number of alkyl halides is 1. The van der Waals surface area contributed by atoms with Crippen LogP contribution < -0.4 is 10.6 Å². The minimum Gasteiger partial charge on any atom is -0.326 e. The molecule has 27 heavy (non-hydrogen) atoms. The van der Waals surface area contributed by atoms with E-state index in [1.54, 1.807) is 17.5 Å². The number of hydrogen-bond acceptors (Lipinski definition) is 6. The molecule has 0 aliphatic rings. The molecule has 0 saturated carbocycles. The molecule has 0 fully saturated rings. The number of aromatic nitrogens is 3. The summed E-state index contributed by atoms with van der Waals surface area (Å²) >= 11 is 4.95. The van der Waals surface area contributed by atoms with Crippen molar-refractivity contribution in [3.05, 3.63) is 47.2 Å². The van der Waals surface area contributed by atoms with Crippen LogP contribution in [0.2, 0.25) is 0 Å². The Labute approximate surface area is 170 Å². The number of thiazole rings is 1. The lowest BCUT2D eigenvalue weighted by atomic mass is 10.2. The van der Waals surface area contributed by atoms with Crippen LogP contribution >= 0.6 is 27.3 Å². The third kappa shape index (κ3) is 5.33. The number of halogens is 1. The number of benzene rings is 1. The first kappa shape index (κ1) is 19.4. The average Bonchev–Trinajstić information content (AvgIpc) is 2.99. The fraction of sp³-hybridized carbons (Fsp3) is 0.263. The van der Waals surface area contributed by atoms with Crippen molar-refractivity contribution >= 4 is 50.5 Å². The molecule has 2 N–H and O–H groups in total. The number of nitrogens with zero attached hydrogens (tertiary/aromatic N) is 3. The van der Waals surface area contributed by atoms with E-state index in [0.717, 1.165) is 44.4 Å². The summed E-state index contributed by atoms with van der Waals surface area (Å²) in [6, 6.07) is 9.39. The Balaban J connectivity index is 1.74. The standard InChI is InChI=1S/C19H20BrN5OS/c1-12-18(27-13(2)22-12)16-8-10-21-19(25-16)24-15-6-3-5-14(11-15)23-17(26)7-4-9-20/h3,5-6,8,10-11H,4,7,9H2,1-2H3,(H,23,26)(H,21,24,25). The first-order chi connectivity index (χ1) is 13.0. The van der Waals surface area contributed by atoms with Gasteiger partial charge < -0.3 is 10.6 Å². The van der Waals surface area contributed by atoms with Gasteiger partial charge in [0.05, 0.1) is 21.3 Å². The van der Waals surface area contributed by atoms with E-state index in [4.69, 9.17) is 0 Å². The summed E-state index contributed by atoms with van der Waals surface area (Å²) in [4.78, 5) is 26.3. The van der Waals surface area contributed by atoms with Gasteiger partial charge in [-0.1, -0.05) is 22.0 Å². The van der Waals surface area contributed by atoms with E-state index in [9.17, 15) is 4.79 Å². The molecule has 0 aliphatic carbocycles. The third-order valence-corrected chi connectivity index (χ3v) is 5.39. The Morgan fingerprint density at radius 1 is 1.19 bits per heavy atom. The number of carbonyl (C=O) groups excluding carboxylic acids is 1. The lowest BCUT2D eigenvalue weighted by molar-refractivity contribution is -0.116. The summed E-state index contributed by atoms with van der Waals surface area (Å²) in [6.07, 6.45) is 3.02. The molecule has 140 valence electrons. The average molecular weight is 446 g/mol. The van der Waals surface area contributed by atoms with Gasteiger partial charge in [-0.2, -0.15) is 0 Å². The Bertz CT molecular complexity index is 943. The van der Waals surface area contributed by atoms with Crippen LogP contribution in [-0.2, 0) is 4.79 Å². The van der Waals surface area contributed by atoms with Gasteiger partial charge in [-0.3, -0.25) is 4.79 Å². The first-order valence-electron chi connectivity index (χ1n) is 8.55. The quantitative estimate of drug-likeness (QED) is 0.495. The molecule has 3 rings (SSSR count). The molecule has 2 heterocycles. The molecule has 1 amide bonds. The maximum atomic E-state index is 11.9. The van der Waals surface area contributed by atoms with E-state index < -0.39 is 0 Å². The van der Waals surface area contributed by atoms with Crippen molar-refractivity contribution in [2.75, 3.05) is 16.0 Å². The van der Waals surface area contributed by atoms with Crippen LogP contribution in [0.3, 0.4) is 0 Å². The maximum absolute atomic E-state index is 11.9. The maximum Gasteiger partial charge on any atom is 0.227 e. The van der Waals surface area contributed by atoms with Crippen molar-refractivity contribution in [1.29, 1.82) is 0 Å². The lowest BCUT2D eigenvalue weighted by Crippen LogP contribution is -2.11. The minimum absolute atomic E-state index is 0.000822. The molecule has 0 saturated heterocycles. The summed E-state index contributed by atoms with van der Waals surface area (Å²) in [6.45, 7) is 3.97. The predicted octanol–water partition coefficient (Wildman–Crippen LogP) is 5.07. The Morgan fingerprint density at radius 2 is 2.00 bits per heavy atom. The molecule has 2 aromatic heterocycles. The summed E-state index contributed by atoms with van der Waals surface area (Å²) in [5, 5.41) is 7.93. The molecular weight excluding hydrogens is 426 g/mol. The highest BCUT2D eigenvalue weighted by Gasteiger charge is 2.10. The number of aryl methyl sites for hydroxylation is 2. The molecule has 0 bridgehead atoms. The summed E-state index contributed by atoms with van der Waals surface area (Å²) in [5.41, 5.74) is 3.36. The summed E-state index contributed by atoms with van der Waals surface area (Å²) in [5.74, 6) is 0.501. The number of carbonyl (C=O) groups is 1. The number of hydrogen-bond donors (Lipinski definition) is 2. The van der Waals surface area contributed by atoms with Crippen molar-refractivity contribution in [3.8, 4) is 10.6 Å². The number of nitrogens with one attached hydrogen (secondary N) is 2. The SMILES string of the molecule is Cc1nc(C)c(-c2ccnc(Nc3cccc(NC(=O)CCCBr)c3)n2)s1. The van der Waals surface area contributed by atoms with E-state index in [1.165, 1.54) is 0 Å². The van der Waals surface area contributed by atoms with Crippen molar-refractivity contribution in [2.45, 2.75) is 26.7 Å². The van der Waals surface area contributed by atoms with Gasteiger partial charge in [-0.15, -0.1) is 11.3 Å². The Kier molecular flexibility index (Phi) is 6.52. The van der Waals surface area contributed by atoms with Gasteiger partial charge in [0.1, 0.15) is 0 Å². The van der Waals surface area contributed by atoms with Gasteiger partial charge in [0.2, 0.25) is 11.9 Å². The van der Waals surface area contributed by atoms with Gasteiger partial charge in [-0.25, -0.2) is 15.0 Å². The molecule has 1 aromatic carbocycles. The zero-order chi connectivity index (χ0) is 19.2. The second-order valence-electron chi connectivity index (χ2n) is 5.96. The van der Waals surface area contributed by atoms with Crippen LogP contribution in [0.1, 0.15) is 23.5 Å². The molecule has 6 nitrogen and oxygen atoms in total. The lowest BCUT2D eigenvalue weighted by Gasteiger charge is -2.09. The van der Waals surface area contributed by atoms with Crippen molar-refractivity contribution < 1.29 is 4.79 Å². The smallest absolute Gasteiger partial charge is 0.227 e.